The van der Waals surface area contributed by atoms with Crippen LogP contribution in [-0.4, -0.2) is 40.0 Å². The first kappa shape index (κ1) is 26.2. The van der Waals surface area contributed by atoms with Crippen molar-refractivity contribution < 1.29 is 20.8 Å². The van der Waals surface area contributed by atoms with Crippen LogP contribution in [0.25, 0.3) is 11.1 Å². The molecule has 1 heterocycles. The average molecular weight is 524 g/mol. The number of aromatic nitrogens is 1. The topological polar surface area (TPSA) is 79.7 Å². The lowest BCUT2D eigenvalue weighted by atomic mass is 10.0. The third kappa shape index (κ3) is 8.54. The number of amides is 1. The van der Waals surface area contributed by atoms with Crippen LogP contribution >= 0.6 is 0 Å². The number of carbonyl (C=O) groups excluding carboxylic acids is 1. The van der Waals surface area contributed by atoms with E-state index in [1.807, 2.05) is 97.1 Å². The summed E-state index contributed by atoms with van der Waals surface area (Å²) in [6.45, 7) is -0.209. The number of hydrogen-bond donors (Lipinski definition) is 1. The second-order valence-electron chi connectivity index (χ2n) is 9.24. The van der Waals surface area contributed by atoms with Crippen LogP contribution in [0.1, 0.15) is 48.7 Å². The van der Waals surface area contributed by atoms with Crippen molar-refractivity contribution in [3.8, 4) is 16.9 Å². The first-order valence-electron chi connectivity index (χ1n) is 13.8. The summed E-state index contributed by atoms with van der Waals surface area (Å²) in [6, 6.07) is 30.6. The molecular weight excluding hydrogens is 488 g/mol. The SMILES string of the molecule is [2H]C(Cc1ccccn1)N(Cc1ccccc1OCCCCCC(=O)O)C(=O)c1ccc(-c2ccccc2)cc1. The lowest BCUT2D eigenvalue weighted by molar-refractivity contribution is -0.137. The van der Waals surface area contributed by atoms with Crippen LogP contribution in [0.5, 0.6) is 5.75 Å². The predicted octanol–water partition coefficient (Wildman–Crippen LogP) is 6.66. The summed E-state index contributed by atoms with van der Waals surface area (Å²) < 4.78 is 15.0. The molecule has 1 unspecified atom stereocenters. The third-order valence-corrected chi connectivity index (χ3v) is 6.35. The first-order valence-corrected chi connectivity index (χ1v) is 13.2. The van der Waals surface area contributed by atoms with Crippen LogP contribution < -0.4 is 4.74 Å². The van der Waals surface area contributed by atoms with E-state index >= 15 is 0 Å². The molecule has 1 N–H and O–H groups in total. The number of rotatable bonds is 14. The summed E-state index contributed by atoms with van der Waals surface area (Å²) in [4.78, 5) is 30.5. The molecule has 0 radical (unpaired) electrons. The number of benzene rings is 3. The van der Waals surface area contributed by atoms with Crippen molar-refractivity contribution in [2.24, 2.45) is 0 Å². The summed E-state index contributed by atoms with van der Waals surface area (Å²) in [6.07, 6.45) is 4.24. The van der Waals surface area contributed by atoms with Gasteiger partial charge in [-0.1, -0.05) is 66.7 Å². The molecule has 0 saturated carbocycles. The number of carbonyl (C=O) groups is 2. The number of aryl methyl sites for hydroxylation is 1. The van der Waals surface area contributed by atoms with Crippen molar-refractivity contribution in [3.05, 3.63) is 120 Å². The average Bonchev–Trinajstić information content (AvgIpc) is 2.99. The first-order chi connectivity index (χ1) is 19.5. The highest BCUT2D eigenvalue weighted by Gasteiger charge is 2.18. The van der Waals surface area contributed by atoms with Crippen LogP contribution in [0.15, 0.2) is 103 Å². The Hall–Kier alpha value is -4.45. The van der Waals surface area contributed by atoms with E-state index in [4.69, 9.17) is 11.2 Å². The highest BCUT2D eigenvalue weighted by Crippen LogP contribution is 2.23. The van der Waals surface area contributed by atoms with Gasteiger partial charge in [-0.15, -0.1) is 0 Å². The summed E-state index contributed by atoms with van der Waals surface area (Å²) in [5, 5.41) is 8.82. The van der Waals surface area contributed by atoms with Crippen LogP contribution in [0.3, 0.4) is 0 Å². The maximum atomic E-state index is 13.8. The van der Waals surface area contributed by atoms with Gasteiger partial charge < -0.3 is 14.7 Å². The molecule has 3 aromatic carbocycles. The molecule has 0 aliphatic carbocycles. The molecule has 6 heteroatoms. The van der Waals surface area contributed by atoms with Crippen molar-refractivity contribution in [2.45, 2.75) is 38.6 Å². The summed E-state index contributed by atoms with van der Waals surface area (Å²) >= 11 is 0. The highest BCUT2D eigenvalue weighted by molar-refractivity contribution is 5.94. The van der Waals surface area contributed by atoms with Gasteiger partial charge in [0.2, 0.25) is 0 Å². The van der Waals surface area contributed by atoms with Crippen molar-refractivity contribution in [1.29, 1.82) is 0 Å². The number of carboxylic acids is 1. The monoisotopic (exact) mass is 523 g/mol. The zero-order chi connectivity index (χ0) is 28.2. The number of ether oxygens (including phenoxy) is 1. The van der Waals surface area contributed by atoms with Gasteiger partial charge in [0, 0.05) is 50.3 Å². The van der Waals surface area contributed by atoms with Gasteiger partial charge in [-0.05, 0) is 60.7 Å². The van der Waals surface area contributed by atoms with E-state index in [2.05, 4.69) is 4.98 Å². The Morgan fingerprint density at radius 1 is 0.821 bits per heavy atom. The molecule has 1 atom stereocenters. The molecule has 0 fully saturated rings. The van der Waals surface area contributed by atoms with Crippen molar-refractivity contribution >= 4 is 11.9 Å². The number of para-hydroxylation sites is 1. The lowest BCUT2D eigenvalue weighted by Gasteiger charge is -2.24. The quantitative estimate of drug-likeness (QED) is 0.187. The fourth-order valence-electron chi connectivity index (χ4n) is 4.24. The predicted molar refractivity (Wildman–Crippen MR) is 153 cm³/mol. The Morgan fingerprint density at radius 2 is 1.54 bits per heavy atom. The smallest absolute Gasteiger partial charge is 0.303 e. The largest absolute Gasteiger partial charge is 0.493 e. The van der Waals surface area contributed by atoms with Gasteiger partial charge in [0.05, 0.1) is 6.61 Å². The Bertz CT molecular complexity index is 1360. The Balaban J connectivity index is 1.51. The zero-order valence-electron chi connectivity index (χ0n) is 22.9. The van der Waals surface area contributed by atoms with Crippen LogP contribution in [0.4, 0.5) is 0 Å². The standard InChI is InChI=1S/C33H34N2O4/c36-32(37)16-5-2-10-24-39-31-15-7-6-13-29(31)25-35(23-21-30-14-8-9-22-34-30)33(38)28-19-17-27(18-20-28)26-11-3-1-4-12-26/h1,3-4,6-9,11-15,17-20,22H,2,5,10,16,21,23-25H2,(H,36,37)/i23D. The number of unbranched alkanes of at least 4 members (excludes halogenated alkanes) is 2. The molecule has 1 aromatic heterocycles. The van der Waals surface area contributed by atoms with Gasteiger partial charge in [0.25, 0.3) is 5.91 Å². The molecule has 1 amide bonds. The van der Waals surface area contributed by atoms with E-state index in [0.717, 1.165) is 35.2 Å². The number of nitrogens with zero attached hydrogens (tertiary/aromatic N) is 2. The van der Waals surface area contributed by atoms with Gasteiger partial charge in [0.15, 0.2) is 0 Å². The van der Waals surface area contributed by atoms with Crippen LogP contribution in [0, 0.1) is 0 Å². The number of aliphatic carboxylic acids is 1. The minimum Gasteiger partial charge on any atom is -0.493 e. The van der Waals surface area contributed by atoms with Gasteiger partial charge in [0.1, 0.15) is 5.75 Å². The van der Waals surface area contributed by atoms with Gasteiger partial charge in [-0.25, -0.2) is 0 Å². The third-order valence-electron chi connectivity index (χ3n) is 6.35. The Labute approximate surface area is 231 Å². The second kappa shape index (κ2) is 14.5. The lowest BCUT2D eigenvalue weighted by Crippen LogP contribution is -2.32. The van der Waals surface area contributed by atoms with Gasteiger partial charge in [-0.3, -0.25) is 14.6 Å². The summed E-state index contributed by atoms with van der Waals surface area (Å²) in [5.41, 5.74) is 4.14. The molecule has 0 spiro atoms. The van der Waals surface area contributed by atoms with Crippen LogP contribution in [0.2, 0.25) is 0 Å². The highest BCUT2D eigenvalue weighted by atomic mass is 16.5. The van der Waals surface area contributed by atoms with Crippen molar-refractivity contribution in [1.82, 2.24) is 9.88 Å². The number of pyridine rings is 1. The molecule has 4 aromatic rings. The van der Waals surface area contributed by atoms with Gasteiger partial charge >= 0.3 is 5.97 Å². The summed E-state index contributed by atoms with van der Waals surface area (Å²) in [5.74, 6) is -0.372. The number of carboxylic acid groups (broad SMARTS) is 1. The summed E-state index contributed by atoms with van der Waals surface area (Å²) in [7, 11) is 0. The second-order valence-corrected chi connectivity index (χ2v) is 9.24. The van der Waals surface area contributed by atoms with E-state index in [0.29, 0.717) is 30.8 Å². The molecule has 0 bridgehead atoms. The molecule has 6 nitrogen and oxygen atoms in total. The molecule has 4 rings (SSSR count). The fraction of sp³-hybridized carbons (Fsp3) is 0.242. The fourth-order valence-corrected chi connectivity index (χ4v) is 4.24. The Morgan fingerprint density at radius 3 is 2.28 bits per heavy atom. The molecule has 0 aliphatic heterocycles. The number of hydrogen-bond acceptors (Lipinski definition) is 4. The van der Waals surface area contributed by atoms with Crippen LogP contribution in [-0.2, 0) is 17.8 Å². The van der Waals surface area contributed by atoms with Gasteiger partial charge in [-0.2, -0.15) is 0 Å². The van der Waals surface area contributed by atoms with E-state index < -0.39 is 12.5 Å². The Kier molecular flexibility index (Phi) is 9.71. The normalized spacial score (nSPS) is 11.8. The minimum atomic E-state index is -0.861. The van der Waals surface area contributed by atoms with Crippen molar-refractivity contribution in [2.75, 3.05) is 13.1 Å². The van der Waals surface area contributed by atoms with Crippen molar-refractivity contribution in [3.63, 3.8) is 0 Å². The minimum absolute atomic E-state index is 0.154. The molecule has 0 aliphatic rings. The molecular formula is C33H34N2O4. The van der Waals surface area contributed by atoms with E-state index in [-0.39, 0.29) is 18.9 Å². The van der Waals surface area contributed by atoms with E-state index in [9.17, 15) is 9.59 Å². The molecule has 200 valence electrons. The molecule has 39 heavy (non-hydrogen) atoms. The maximum Gasteiger partial charge on any atom is 0.303 e. The zero-order valence-corrected chi connectivity index (χ0v) is 21.9. The maximum absolute atomic E-state index is 13.8. The van der Waals surface area contributed by atoms with E-state index in [1.165, 1.54) is 0 Å². The molecule has 0 saturated heterocycles. The van der Waals surface area contributed by atoms with E-state index in [1.54, 1.807) is 11.1 Å².